The lowest BCUT2D eigenvalue weighted by molar-refractivity contribution is -0.141. The fourth-order valence-corrected chi connectivity index (χ4v) is 6.17. The van der Waals surface area contributed by atoms with Crippen LogP contribution < -0.4 is 5.32 Å². The molecule has 35 heavy (non-hydrogen) atoms. The summed E-state index contributed by atoms with van der Waals surface area (Å²) in [4.78, 5) is 38.7. The van der Waals surface area contributed by atoms with Crippen LogP contribution >= 0.6 is 0 Å². The summed E-state index contributed by atoms with van der Waals surface area (Å²) < 4.78 is 5.55. The quantitative estimate of drug-likeness (QED) is 0.578. The molecule has 2 fully saturated rings. The molecule has 0 unspecified atom stereocenters. The van der Waals surface area contributed by atoms with Gasteiger partial charge in [0.05, 0.1) is 12.0 Å². The normalized spacial score (nSPS) is 22.6. The number of benzene rings is 2. The fraction of sp³-hybridized carbons (Fsp3) is 0.393. The zero-order valence-electron chi connectivity index (χ0n) is 19.8. The SMILES string of the molecule is C/C(=C\CNC(=O)OCC1c2ccccc2-c2ccccc21)C(=O)N1C2CCC1(CC(=O)O)CC2. The van der Waals surface area contributed by atoms with Crippen LogP contribution in [0.4, 0.5) is 4.79 Å². The van der Waals surface area contributed by atoms with E-state index in [0.29, 0.717) is 5.57 Å². The lowest BCUT2D eigenvalue weighted by Crippen LogP contribution is -2.47. The molecule has 7 nitrogen and oxygen atoms in total. The third-order valence-electron chi connectivity index (χ3n) is 7.80. The van der Waals surface area contributed by atoms with Gasteiger partial charge in [0, 0.05) is 24.1 Å². The first-order valence-electron chi connectivity index (χ1n) is 12.2. The maximum atomic E-state index is 13.1. The van der Waals surface area contributed by atoms with Crippen LogP contribution in [0, 0.1) is 0 Å². The molecule has 2 amide bonds. The van der Waals surface area contributed by atoms with Gasteiger partial charge in [-0.25, -0.2) is 4.79 Å². The molecule has 0 saturated carbocycles. The smallest absolute Gasteiger partial charge is 0.407 e. The number of fused-ring (bicyclic) bond motifs is 5. The third-order valence-corrected chi connectivity index (χ3v) is 7.80. The number of amides is 2. The number of carbonyl (C=O) groups is 3. The van der Waals surface area contributed by atoms with Crippen molar-refractivity contribution in [1.82, 2.24) is 10.2 Å². The van der Waals surface area contributed by atoms with E-state index < -0.39 is 17.6 Å². The Labute approximate surface area is 204 Å². The van der Waals surface area contributed by atoms with Crippen molar-refractivity contribution in [3.8, 4) is 11.1 Å². The Bertz CT molecular complexity index is 1150. The summed E-state index contributed by atoms with van der Waals surface area (Å²) in [5, 5.41) is 12.1. The van der Waals surface area contributed by atoms with Gasteiger partial charge in [-0.05, 0) is 54.9 Å². The minimum atomic E-state index is -0.871. The van der Waals surface area contributed by atoms with Crippen LogP contribution in [0.5, 0.6) is 0 Å². The maximum Gasteiger partial charge on any atom is 0.407 e. The molecule has 2 aliphatic heterocycles. The Kier molecular flexibility index (Phi) is 6.09. The molecule has 2 N–H and O–H groups in total. The summed E-state index contributed by atoms with van der Waals surface area (Å²) in [5.74, 6) is -1.02. The molecule has 2 aromatic carbocycles. The first kappa shape index (κ1) is 23.1. The van der Waals surface area contributed by atoms with E-state index in [4.69, 9.17) is 4.74 Å². The van der Waals surface area contributed by atoms with E-state index in [1.807, 2.05) is 24.3 Å². The summed E-state index contributed by atoms with van der Waals surface area (Å²) in [6.45, 7) is 2.11. The van der Waals surface area contributed by atoms with Crippen LogP contribution in [-0.2, 0) is 14.3 Å². The van der Waals surface area contributed by atoms with Gasteiger partial charge in [-0.2, -0.15) is 0 Å². The number of hydrogen-bond acceptors (Lipinski definition) is 4. The van der Waals surface area contributed by atoms with Crippen molar-refractivity contribution < 1.29 is 24.2 Å². The first-order chi connectivity index (χ1) is 16.9. The predicted molar refractivity (Wildman–Crippen MR) is 131 cm³/mol. The second-order valence-electron chi connectivity index (χ2n) is 9.79. The molecular formula is C28H30N2O5. The molecule has 5 rings (SSSR count). The van der Waals surface area contributed by atoms with Crippen molar-refractivity contribution in [3.63, 3.8) is 0 Å². The molecule has 0 atom stereocenters. The largest absolute Gasteiger partial charge is 0.481 e. The van der Waals surface area contributed by atoms with Crippen molar-refractivity contribution in [2.45, 2.75) is 56.5 Å². The second kappa shape index (κ2) is 9.21. The summed E-state index contributed by atoms with van der Waals surface area (Å²) in [6, 6.07) is 16.4. The van der Waals surface area contributed by atoms with Crippen molar-refractivity contribution in [1.29, 1.82) is 0 Å². The minimum Gasteiger partial charge on any atom is -0.481 e. The average Bonchev–Trinajstić information content (AvgIpc) is 3.48. The molecule has 2 aromatic rings. The Balaban J connectivity index is 1.17. The van der Waals surface area contributed by atoms with Gasteiger partial charge in [-0.15, -0.1) is 0 Å². The van der Waals surface area contributed by atoms with Crippen LogP contribution in [0.2, 0.25) is 0 Å². The lowest BCUT2D eigenvalue weighted by atomic mass is 9.85. The zero-order valence-corrected chi connectivity index (χ0v) is 19.8. The Hall–Kier alpha value is -3.61. The van der Waals surface area contributed by atoms with Crippen molar-refractivity contribution in [2.24, 2.45) is 0 Å². The Morgan fingerprint density at radius 1 is 1.06 bits per heavy atom. The molecule has 2 heterocycles. The number of alkyl carbamates (subject to hydrolysis) is 1. The number of nitrogens with zero attached hydrogens (tertiary/aromatic N) is 1. The molecule has 0 spiro atoms. The standard InChI is InChI=1S/C28H30N2O5/c1-18(26(33)30-19-10-13-28(30,14-11-19)16-25(31)32)12-15-29-27(34)35-17-24-22-8-4-2-6-20(22)21-7-3-5-9-23(21)24/h2-9,12,19,24H,10-11,13-17H2,1H3,(H,29,34)(H,31,32)/b18-12+. The average molecular weight is 475 g/mol. The molecule has 0 aromatic heterocycles. The van der Waals surface area contributed by atoms with Gasteiger partial charge in [0.15, 0.2) is 0 Å². The van der Waals surface area contributed by atoms with Crippen LogP contribution in [0.25, 0.3) is 11.1 Å². The van der Waals surface area contributed by atoms with Crippen molar-refractivity contribution in [2.75, 3.05) is 13.2 Å². The van der Waals surface area contributed by atoms with Crippen molar-refractivity contribution in [3.05, 3.63) is 71.3 Å². The van der Waals surface area contributed by atoms with E-state index in [1.54, 1.807) is 17.9 Å². The zero-order chi connectivity index (χ0) is 24.6. The molecule has 0 radical (unpaired) electrons. The number of rotatable bonds is 7. The number of ether oxygens (including phenoxy) is 1. The van der Waals surface area contributed by atoms with E-state index in [9.17, 15) is 19.5 Å². The van der Waals surface area contributed by atoms with E-state index in [1.165, 1.54) is 11.1 Å². The van der Waals surface area contributed by atoms with Crippen LogP contribution in [-0.4, -0.2) is 52.7 Å². The van der Waals surface area contributed by atoms with Gasteiger partial charge in [0.2, 0.25) is 5.91 Å². The number of nitrogens with one attached hydrogen (secondary N) is 1. The van der Waals surface area contributed by atoms with Gasteiger partial charge in [0.25, 0.3) is 0 Å². The number of hydrogen-bond donors (Lipinski definition) is 2. The summed E-state index contributed by atoms with van der Waals surface area (Å²) in [5.41, 5.74) is 4.59. The highest BCUT2D eigenvalue weighted by molar-refractivity contribution is 5.94. The third kappa shape index (κ3) is 4.20. The van der Waals surface area contributed by atoms with Gasteiger partial charge < -0.3 is 20.1 Å². The van der Waals surface area contributed by atoms with E-state index >= 15 is 0 Å². The maximum absolute atomic E-state index is 13.1. The highest BCUT2D eigenvalue weighted by Crippen LogP contribution is 2.49. The molecule has 182 valence electrons. The summed E-state index contributed by atoms with van der Waals surface area (Å²) in [6.07, 6.45) is 4.31. The van der Waals surface area contributed by atoms with Gasteiger partial charge in [-0.1, -0.05) is 54.6 Å². The van der Waals surface area contributed by atoms with E-state index in [2.05, 4.69) is 29.6 Å². The Morgan fingerprint density at radius 2 is 1.66 bits per heavy atom. The molecule has 7 heteroatoms. The van der Waals surface area contributed by atoms with Crippen molar-refractivity contribution >= 4 is 18.0 Å². The van der Waals surface area contributed by atoms with E-state index in [0.717, 1.165) is 36.8 Å². The number of carbonyl (C=O) groups excluding carboxylic acids is 2. The molecule has 2 bridgehead atoms. The van der Waals surface area contributed by atoms with Gasteiger partial charge in [0.1, 0.15) is 6.61 Å². The molecular weight excluding hydrogens is 444 g/mol. The monoisotopic (exact) mass is 474 g/mol. The second-order valence-corrected chi connectivity index (χ2v) is 9.79. The number of carboxylic acids is 1. The minimum absolute atomic E-state index is 0.0110. The van der Waals surface area contributed by atoms with Gasteiger partial charge >= 0.3 is 12.1 Å². The first-order valence-corrected chi connectivity index (χ1v) is 12.2. The summed E-state index contributed by atoms with van der Waals surface area (Å²) in [7, 11) is 0. The highest BCUT2D eigenvalue weighted by atomic mass is 16.5. The summed E-state index contributed by atoms with van der Waals surface area (Å²) >= 11 is 0. The fourth-order valence-electron chi connectivity index (χ4n) is 6.17. The molecule has 2 saturated heterocycles. The van der Waals surface area contributed by atoms with Crippen LogP contribution in [0.3, 0.4) is 0 Å². The molecule has 1 aliphatic carbocycles. The highest BCUT2D eigenvalue weighted by Gasteiger charge is 2.54. The topological polar surface area (TPSA) is 95.9 Å². The van der Waals surface area contributed by atoms with E-state index in [-0.39, 0.29) is 37.4 Å². The number of carboxylic acid groups (broad SMARTS) is 1. The van der Waals surface area contributed by atoms with Gasteiger partial charge in [-0.3, -0.25) is 9.59 Å². The lowest BCUT2D eigenvalue weighted by Gasteiger charge is -2.34. The molecule has 3 aliphatic rings. The number of aliphatic carboxylic acids is 1. The van der Waals surface area contributed by atoms with Crippen LogP contribution in [0.15, 0.2) is 60.2 Å². The predicted octanol–water partition coefficient (Wildman–Crippen LogP) is 4.47. The Morgan fingerprint density at radius 3 is 2.26 bits per heavy atom. The van der Waals surface area contributed by atoms with Crippen LogP contribution in [0.1, 0.15) is 56.1 Å².